The topological polar surface area (TPSA) is 0 Å². The molecule has 0 bridgehead atoms. The molecule has 0 aromatic carbocycles. The van der Waals surface area contributed by atoms with E-state index in [2.05, 4.69) is 32.6 Å². The lowest BCUT2D eigenvalue weighted by molar-refractivity contribution is 0.188. The van der Waals surface area contributed by atoms with Crippen molar-refractivity contribution >= 4 is 0 Å². The molecule has 0 saturated heterocycles. The molecule has 0 aromatic rings. The van der Waals surface area contributed by atoms with Gasteiger partial charge in [-0.2, -0.15) is 0 Å². The Labute approximate surface area is 88.1 Å². The van der Waals surface area contributed by atoms with Crippen molar-refractivity contribution in [2.24, 2.45) is 17.3 Å². The Balaban J connectivity index is 2.32. The van der Waals surface area contributed by atoms with Gasteiger partial charge in [-0.3, -0.25) is 0 Å². The summed E-state index contributed by atoms with van der Waals surface area (Å²) in [5.41, 5.74) is 2.20. The average molecular weight is 190 g/mol. The molecule has 2 aliphatic rings. The van der Waals surface area contributed by atoms with Gasteiger partial charge in [0.2, 0.25) is 0 Å². The molecule has 2 rings (SSSR count). The highest BCUT2D eigenvalue weighted by molar-refractivity contribution is 5.27. The van der Waals surface area contributed by atoms with Crippen LogP contribution in [0, 0.1) is 17.3 Å². The molecule has 3 atom stereocenters. The molecule has 0 heterocycles. The Morgan fingerprint density at radius 3 is 2.86 bits per heavy atom. The van der Waals surface area contributed by atoms with E-state index in [1.54, 1.807) is 5.57 Å². The van der Waals surface area contributed by atoms with Gasteiger partial charge in [-0.15, -0.1) is 6.58 Å². The maximum atomic E-state index is 3.99. The van der Waals surface area contributed by atoms with Gasteiger partial charge in [-0.05, 0) is 43.4 Å². The second kappa shape index (κ2) is 3.56. The van der Waals surface area contributed by atoms with E-state index in [1.165, 1.54) is 32.1 Å². The first-order valence-electron chi connectivity index (χ1n) is 6.01. The standard InChI is InChI=1S/C14H22/c1-4-11-10-12-8-6-7-9-14(12,3)13(11)5-2/h4-5,11-12H,1,6-10H2,2-3H3/b13-5+/t11-,12?,14?/m1/s1. The quantitative estimate of drug-likeness (QED) is 0.540. The Morgan fingerprint density at radius 2 is 2.21 bits per heavy atom. The zero-order chi connectivity index (χ0) is 10.2. The van der Waals surface area contributed by atoms with Crippen LogP contribution in [0.3, 0.4) is 0 Å². The summed E-state index contributed by atoms with van der Waals surface area (Å²) in [6, 6.07) is 0. The molecule has 0 heteroatoms. The van der Waals surface area contributed by atoms with Crippen LogP contribution in [0.4, 0.5) is 0 Å². The molecule has 0 radical (unpaired) electrons. The van der Waals surface area contributed by atoms with Gasteiger partial charge in [0.15, 0.2) is 0 Å². The fourth-order valence-electron chi connectivity index (χ4n) is 3.79. The normalized spacial score (nSPS) is 45.1. The summed E-state index contributed by atoms with van der Waals surface area (Å²) in [6.45, 7) is 8.67. The lowest BCUT2D eigenvalue weighted by atomic mass is 9.67. The van der Waals surface area contributed by atoms with E-state index in [1.807, 2.05) is 0 Å². The average Bonchev–Trinajstić information content (AvgIpc) is 2.49. The summed E-state index contributed by atoms with van der Waals surface area (Å²) in [7, 11) is 0. The Hall–Kier alpha value is -0.520. The van der Waals surface area contributed by atoms with Gasteiger partial charge in [0.05, 0.1) is 0 Å². The highest BCUT2D eigenvalue weighted by atomic mass is 14.5. The van der Waals surface area contributed by atoms with Crippen molar-refractivity contribution < 1.29 is 0 Å². The summed E-state index contributed by atoms with van der Waals surface area (Å²) in [4.78, 5) is 0. The van der Waals surface area contributed by atoms with Crippen LogP contribution in [-0.2, 0) is 0 Å². The largest absolute Gasteiger partial charge is 0.102 e. The third kappa shape index (κ3) is 1.27. The van der Waals surface area contributed by atoms with Crippen molar-refractivity contribution in [3.8, 4) is 0 Å². The number of fused-ring (bicyclic) bond motifs is 1. The summed E-state index contributed by atoms with van der Waals surface area (Å²) in [5.74, 6) is 1.61. The maximum absolute atomic E-state index is 3.99. The van der Waals surface area contributed by atoms with E-state index in [0.717, 1.165) is 5.92 Å². The molecule has 2 saturated carbocycles. The monoisotopic (exact) mass is 190 g/mol. The first-order valence-corrected chi connectivity index (χ1v) is 6.01. The van der Waals surface area contributed by atoms with E-state index >= 15 is 0 Å². The van der Waals surface area contributed by atoms with Crippen molar-refractivity contribution in [1.29, 1.82) is 0 Å². The predicted molar refractivity (Wildman–Crippen MR) is 62.1 cm³/mol. The van der Waals surface area contributed by atoms with Crippen molar-refractivity contribution in [1.82, 2.24) is 0 Å². The number of rotatable bonds is 1. The van der Waals surface area contributed by atoms with Gasteiger partial charge < -0.3 is 0 Å². The Morgan fingerprint density at radius 1 is 1.43 bits per heavy atom. The molecule has 0 aromatic heterocycles. The number of allylic oxidation sites excluding steroid dienone is 3. The molecule has 14 heavy (non-hydrogen) atoms. The zero-order valence-corrected chi connectivity index (χ0v) is 9.55. The second-order valence-corrected chi connectivity index (χ2v) is 5.18. The van der Waals surface area contributed by atoms with Gasteiger partial charge in [-0.25, -0.2) is 0 Å². The fourth-order valence-corrected chi connectivity index (χ4v) is 3.79. The summed E-state index contributed by atoms with van der Waals surface area (Å²) in [6.07, 6.45) is 11.6. The highest BCUT2D eigenvalue weighted by Crippen LogP contribution is 2.57. The Kier molecular flexibility index (Phi) is 2.55. The third-order valence-electron chi connectivity index (χ3n) is 4.59. The van der Waals surface area contributed by atoms with Crippen LogP contribution in [0.2, 0.25) is 0 Å². The van der Waals surface area contributed by atoms with E-state index in [-0.39, 0.29) is 0 Å². The first kappa shape index (κ1) is 10.0. The highest BCUT2D eigenvalue weighted by Gasteiger charge is 2.47. The summed E-state index contributed by atoms with van der Waals surface area (Å²) in [5, 5.41) is 0. The van der Waals surface area contributed by atoms with Crippen LogP contribution in [0.5, 0.6) is 0 Å². The lowest BCUT2D eigenvalue weighted by Gasteiger charge is -2.37. The number of hydrogen-bond acceptors (Lipinski definition) is 0. The SMILES string of the molecule is C=C[C@@H]1CC2CCCCC2(C)/C1=C/C. The second-order valence-electron chi connectivity index (χ2n) is 5.18. The van der Waals surface area contributed by atoms with Gasteiger partial charge in [0.1, 0.15) is 0 Å². The molecule has 0 N–H and O–H groups in total. The van der Waals surface area contributed by atoms with Crippen LogP contribution < -0.4 is 0 Å². The van der Waals surface area contributed by atoms with Crippen LogP contribution >= 0.6 is 0 Å². The van der Waals surface area contributed by atoms with Crippen molar-refractivity contribution in [2.45, 2.75) is 46.0 Å². The van der Waals surface area contributed by atoms with Crippen LogP contribution in [0.25, 0.3) is 0 Å². The lowest BCUT2D eigenvalue weighted by Crippen LogP contribution is -2.27. The molecule has 0 aliphatic heterocycles. The molecule has 2 fully saturated rings. The van der Waals surface area contributed by atoms with Crippen molar-refractivity contribution in [3.63, 3.8) is 0 Å². The third-order valence-corrected chi connectivity index (χ3v) is 4.59. The molecule has 0 amide bonds. The van der Waals surface area contributed by atoms with Gasteiger partial charge in [0.25, 0.3) is 0 Å². The zero-order valence-electron chi connectivity index (χ0n) is 9.55. The molecule has 2 aliphatic carbocycles. The molecular weight excluding hydrogens is 168 g/mol. The first-order chi connectivity index (χ1) is 6.72. The van der Waals surface area contributed by atoms with Crippen LogP contribution in [0.15, 0.2) is 24.3 Å². The minimum atomic E-state index is 0.520. The van der Waals surface area contributed by atoms with Gasteiger partial charge in [-0.1, -0.05) is 37.5 Å². The molecule has 78 valence electrons. The van der Waals surface area contributed by atoms with E-state index in [0.29, 0.717) is 11.3 Å². The van der Waals surface area contributed by atoms with E-state index in [4.69, 9.17) is 0 Å². The molecule has 0 nitrogen and oxygen atoms in total. The molecule has 2 unspecified atom stereocenters. The molecule has 0 spiro atoms. The van der Waals surface area contributed by atoms with Crippen LogP contribution in [0.1, 0.15) is 46.0 Å². The van der Waals surface area contributed by atoms with E-state index < -0.39 is 0 Å². The van der Waals surface area contributed by atoms with Crippen molar-refractivity contribution in [2.75, 3.05) is 0 Å². The van der Waals surface area contributed by atoms with Crippen molar-refractivity contribution in [3.05, 3.63) is 24.3 Å². The molecular formula is C14H22. The summed E-state index contributed by atoms with van der Waals surface area (Å²) >= 11 is 0. The van der Waals surface area contributed by atoms with Gasteiger partial charge in [0, 0.05) is 0 Å². The van der Waals surface area contributed by atoms with E-state index in [9.17, 15) is 0 Å². The minimum absolute atomic E-state index is 0.520. The number of hydrogen-bond donors (Lipinski definition) is 0. The minimum Gasteiger partial charge on any atom is -0.102 e. The fraction of sp³-hybridized carbons (Fsp3) is 0.714. The summed E-state index contributed by atoms with van der Waals surface area (Å²) < 4.78 is 0. The predicted octanol–water partition coefficient (Wildman–Crippen LogP) is 4.34. The van der Waals surface area contributed by atoms with Crippen LogP contribution in [-0.4, -0.2) is 0 Å². The Bertz CT molecular complexity index is 261. The van der Waals surface area contributed by atoms with Gasteiger partial charge >= 0.3 is 0 Å². The maximum Gasteiger partial charge on any atom is -0.00176 e. The smallest absolute Gasteiger partial charge is 0.00176 e.